The molecule has 3 heteroatoms. The molecule has 2 aromatic heterocycles. The number of hydrogen-bond donors (Lipinski definition) is 0. The fourth-order valence-corrected chi connectivity index (χ4v) is 3.96. The van der Waals surface area contributed by atoms with E-state index in [4.69, 9.17) is 4.74 Å². The van der Waals surface area contributed by atoms with Crippen LogP contribution in [0.4, 0.5) is 0 Å². The molecule has 0 radical (unpaired) electrons. The van der Waals surface area contributed by atoms with E-state index in [2.05, 4.69) is 63.2 Å². The Morgan fingerprint density at radius 3 is 2.54 bits per heavy atom. The van der Waals surface area contributed by atoms with Gasteiger partial charge < -0.3 is 4.74 Å². The zero-order valence-electron chi connectivity index (χ0n) is 15.1. The lowest BCUT2D eigenvalue weighted by Gasteiger charge is -2.20. The molecule has 0 unspecified atom stereocenters. The van der Waals surface area contributed by atoms with Crippen molar-refractivity contribution in [2.24, 2.45) is 0 Å². The molecule has 0 N–H and O–H groups in total. The third-order valence-corrected chi connectivity index (χ3v) is 5.32. The van der Waals surface area contributed by atoms with E-state index in [-0.39, 0.29) is 0 Å². The van der Waals surface area contributed by atoms with Gasteiger partial charge >= 0.3 is 0 Å². The van der Waals surface area contributed by atoms with Crippen molar-refractivity contribution in [1.82, 2.24) is 4.98 Å². The van der Waals surface area contributed by atoms with E-state index < -0.39 is 0 Å². The van der Waals surface area contributed by atoms with Crippen LogP contribution in [0.5, 0.6) is 5.75 Å². The van der Waals surface area contributed by atoms with Crippen molar-refractivity contribution in [1.29, 1.82) is 0 Å². The molecule has 0 aliphatic rings. The predicted molar refractivity (Wildman–Crippen MR) is 104 cm³/mol. The average molecular weight is 340 g/mol. The first kappa shape index (κ1) is 17.0. The first-order valence-electron chi connectivity index (χ1n) is 8.65. The molecule has 0 saturated carbocycles. The highest BCUT2D eigenvalue weighted by Crippen LogP contribution is 2.43. The van der Waals surface area contributed by atoms with Crippen molar-refractivity contribution in [3.63, 3.8) is 0 Å². The Morgan fingerprint density at radius 2 is 1.88 bits per heavy atom. The molecule has 126 valence electrons. The number of aromatic nitrogens is 1. The lowest BCUT2D eigenvalue weighted by Crippen LogP contribution is -2.03. The van der Waals surface area contributed by atoms with E-state index in [0.29, 0.717) is 18.4 Å². The van der Waals surface area contributed by atoms with Crippen LogP contribution in [0.1, 0.15) is 57.6 Å². The molecule has 0 saturated heterocycles. The van der Waals surface area contributed by atoms with Crippen LogP contribution in [0.2, 0.25) is 0 Å². The topological polar surface area (TPSA) is 22.1 Å². The van der Waals surface area contributed by atoms with Crippen LogP contribution in [0.25, 0.3) is 21.2 Å². The Hall–Kier alpha value is -1.87. The molecule has 0 bridgehead atoms. The third kappa shape index (κ3) is 3.05. The molecule has 3 rings (SSSR count). The second kappa shape index (κ2) is 6.94. The number of rotatable bonds is 5. The van der Waals surface area contributed by atoms with Crippen molar-refractivity contribution >= 4 is 21.4 Å². The number of nitrogens with zero attached hydrogens (tertiary/aromatic N) is 1. The summed E-state index contributed by atoms with van der Waals surface area (Å²) in [5.74, 6) is 1.95. The maximum absolute atomic E-state index is 6.13. The van der Waals surface area contributed by atoms with Crippen LogP contribution in [0.15, 0.2) is 36.0 Å². The summed E-state index contributed by atoms with van der Waals surface area (Å²) in [5.41, 5.74) is 5.13. The minimum Gasteiger partial charge on any atom is -0.493 e. The van der Waals surface area contributed by atoms with Crippen LogP contribution in [-0.2, 0) is 0 Å². The Morgan fingerprint density at radius 1 is 1.08 bits per heavy atom. The standard InChI is InChI=1S/C21H25NOS/c1-6-23-21-17(14(4)5)9-15(13(2)3)10-18(21)19-12-24-20-11-22-8-7-16(19)20/h7-14H,6H2,1-5H3. The van der Waals surface area contributed by atoms with Gasteiger partial charge in [-0.15, -0.1) is 11.3 Å². The minimum atomic E-state index is 0.426. The molecule has 1 aromatic carbocycles. The zero-order valence-corrected chi connectivity index (χ0v) is 15.9. The Balaban J connectivity index is 2.32. The monoisotopic (exact) mass is 339 g/mol. The van der Waals surface area contributed by atoms with E-state index >= 15 is 0 Å². The number of ether oxygens (including phenoxy) is 1. The lowest BCUT2D eigenvalue weighted by atomic mass is 9.89. The summed E-state index contributed by atoms with van der Waals surface area (Å²) in [4.78, 5) is 4.25. The van der Waals surface area contributed by atoms with Crippen LogP contribution < -0.4 is 4.74 Å². The Labute approximate surface area is 148 Å². The molecule has 0 atom stereocenters. The molecule has 0 aliphatic heterocycles. The van der Waals surface area contributed by atoms with Gasteiger partial charge in [0.1, 0.15) is 5.75 Å². The summed E-state index contributed by atoms with van der Waals surface area (Å²) >= 11 is 1.75. The summed E-state index contributed by atoms with van der Waals surface area (Å²) in [5, 5.41) is 3.49. The molecular weight excluding hydrogens is 314 g/mol. The molecule has 0 spiro atoms. The van der Waals surface area contributed by atoms with E-state index in [9.17, 15) is 0 Å². The number of hydrogen-bond acceptors (Lipinski definition) is 3. The first-order valence-corrected chi connectivity index (χ1v) is 9.53. The van der Waals surface area contributed by atoms with Crippen molar-refractivity contribution in [2.45, 2.75) is 46.5 Å². The molecule has 0 aliphatic carbocycles. The summed E-state index contributed by atoms with van der Waals surface area (Å²) < 4.78 is 7.34. The fourth-order valence-electron chi connectivity index (χ4n) is 3.03. The van der Waals surface area contributed by atoms with Crippen LogP contribution in [-0.4, -0.2) is 11.6 Å². The van der Waals surface area contributed by atoms with Crippen LogP contribution in [0, 0.1) is 0 Å². The Kier molecular flexibility index (Phi) is 4.91. The maximum Gasteiger partial charge on any atom is 0.130 e. The molecule has 2 heterocycles. The average Bonchev–Trinajstić information content (AvgIpc) is 2.98. The summed E-state index contributed by atoms with van der Waals surface area (Å²) in [7, 11) is 0. The second-order valence-electron chi connectivity index (χ2n) is 6.75. The van der Waals surface area contributed by atoms with Crippen LogP contribution in [0.3, 0.4) is 0 Å². The Bertz CT molecular complexity index is 848. The molecule has 3 aromatic rings. The van der Waals surface area contributed by atoms with Crippen molar-refractivity contribution in [3.8, 4) is 16.9 Å². The van der Waals surface area contributed by atoms with Gasteiger partial charge in [-0.1, -0.05) is 33.8 Å². The highest BCUT2D eigenvalue weighted by atomic mass is 32.1. The number of pyridine rings is 1. The first-order chi connectivity index (χ1) is 11.5. The van der Waals surface area contributed by atoms with Gasteiger partial charge in [0, 0.05) is 28.9 Å². The number of fused-ring (bicyclic) bond motifs is 1. The largest absolute Gasteiger partial charge is 0.493 e. The van der Waals surface area contributed by atoms with Gasteiger partial charge in [-0.3, -0.25) is 4.98 Å². The van der Waals surface area contributed by atoms with Crippen molar-refractivity contribution in [2.75, 3.05) is 6.61 Å². The second-order valence-corrected chi connectivity index (χ2v) is 7.66. The maximum atomic E-state index is 6.13. The van der Waals surface area contributed by atoms with Crippen molar-refractivity contribution < 1.29 is 4.74 Å². The summed E-state index contributed by atoms with van der Waals surface area (Å²) in [6.07, 6.45) is 3.81. The predicted octanol–water partition coefficient (Wildman–Crippen LogP) is 6.61. The number of benzene rings is 1. The molecular formula is C21H25NOS. The van der Waals surface area contributed by atoms with E-state index in [0.717, 1.165) is 5.75 Å². The lowest BCUT2D eigenvalue weighted by molar-refractivity contribution is 0.336. The fraction of sp³-hybridized carbons (Fsp3) is 0.381. The van der Waals surface area contributed by atoms with Crippen LogP contribution >= 0.6 is 11.3 Å². The van der Waals surface area contributed by atoms with Gasteiger partial charge in [-0.25, -0.2) is 0 Å². The number of thiophene rings is 1. The van der Waals surface area contributed by atoms with Gasteiger partial charge in [0.25, 0.3) is 0 Å². The van der Waals surface area contributed by atoms with E-state index in [1.807, 2.05) is 12.4 Å². The quantitative estimate of drug-likeness (QED) is 0.522. The molecule has 0 fully saturated rings. The SMILES string of the molecule is CCOc1c(-c2csc3cnccc23)cc(C(C)C)cc1C(C)C. The highest BCUT2D eigenvalue weighted by Gasteiger charge is 2.19. The van der Waals surface area contributed by atoms with Gasteiger partial charge in [0.2, 0.25) is 0 Å². The summed E-state index contributed by atoms with van der Waals surface area (Å²) in [6.45, 7) is 11.7. The zero-order chi connectivity index (χ0) is 17.3. The van der Waals surface area contributed by atoms with E-state index in [1.165, 1.54) is 32.3 Å². The normalized spacial score (nSPS) is 11.6. The van der Waals surface area contributed by atoms with Gasteiger partial charge in [0.15, 0.2) is 0 Å². The minimum absolute atomic E-state index is 0.426. The van der Waals surface area contributed by atoms with Gasteiger partial charge in [0.05, 0.1) is 11.3 Å². The molecule has 24 heavy (non-hydrogen) atoms. The van der Waals surface area contributed by atoms with Crippen molar-refractivity contribution in [3.05, 3.63) is 47.1 Å². The molecule has 2 nitrogen and oxygen atoms in total. The molecule has 0 amide bonds. The van der Waals surface area contributed by atoms with Gasteiger partial charge in [-0.05, 0) is 47.4 Å². The highest BCUT2D eigenvalue weighted by molar-refractivity contribution is 7.17. The summed E-state index contributed by atoms with van der Waals surface area (Å²) in [6, 6.07) is 6.73. The van der Waals surface area contributed by atoms with Gasteiger partial charge in [-0.2, -0.15) is 0 Å². The third-order valence-electron chi connectivity index (χ3n) is 4.39. The van der Waals surface area contributed by atoms with E-state index in [1.54, 1.807) is 11.3 Å². The smallest absolute Gasteiger partial charge is 0.130 e.